The molecular weight excluding hydrogens is 206 g/mol. The smallest absolute Gasteiger partial charge is 0.0196 e. The Morgan fingerprint density at radius 2 is 1.76 bits per heavy atom. The quantitative estimate of drug-likeness (QED) is 0.747. The molecule has 0 N–H and O–H groups in total. The van der Waals surface area contributed by atoms with Crippen molar-refractivity contribution in [1.29, 1.82) is 0 Å². The van der Waals surface area contributed by atoms with Gasteiger partial charge in [0.15, 0.2) is 0 Å². The van der Waals surface area contributed by atoms with E-state index in [1.165, 1.54) is 62.9 Å². The number of likely N-dealkylation sites (tertiary alicyclic amines) is 1. The number of hydrogen-bond donors (Lipinski definition) is 0. The molecule has 90 valence electrons. The second kappa shape index (κ2) is 5.05. The molecule has 2 aliphatic rings. The Kier molecular flexibility index (Phi) is 3.28. The Bertz CT molecular complexity index is 413. The van der Waals surface area contributed by atoms with Crippen molar-refractivity contribution >= 4 is 6.08 Å². The summed E-state index contributed by atoms with van der Waals surface area (Å²) < 4.78 is 0. The zero-order chi connectivity index (χ0) is 11.5. The van der Waals surface area contributed by atoms with E-state index >= 15 is 0 Å². The summed E-state index contributed by atoms with van der Waals surface area (Å²) in [5, 5.41) is 0. The van der Waals surface area contributed by atoms with Crippen LogP contribution in [0.25, 0.3) is 6.08 Å². The van der Waals surface area contributed by atoms with E-state index in [0.29, 0.717) is 0 Å². The molecule has 1 aliphatic heterocycles. The molecule has 0 aromatic heterocycles. The first-order chi connectivity index (χ1) is 8.42. The minimum atomic E-state index is 1.20. The van der Waals surface area contributed by atoms with Crippen molar-refractivity contribution < 1.29 is 0 Å². The summed E-state index contributed by atoms with van der Waals surface area (Å²) >= 11 is 0. The molecule has 1 fully saturated rings. The Morgan fingerprint density at radius 3 is 2.65 bits per heavy atom. The van der Waals surface area contributed by atoms with Crippen LogP contribution in [0, 0.1) is 0 Å². The van der Waals surface area contributed by atoms with Crippen LogP contribution in [0.3, 0.4) is 0 Å². The summed E-state index contributed by atoms with van der Waals surface area (Å²) in [5.74, 6) is 0. The van der Waals surface area contributed by atoms with Crippen molar-refractivity contribution in [2.75, 3.05) is 19.6 Å². The van der Waals surface area contributed by atoms with Crippen LogP contribution in [0.5, 0.6) is 0 Å². The number of aryl methyl sites for hydroxylation is 1. The highest BCUT2D eigenvalue weighted by Gasteiger charge is 2.14. The lowest BCUT2D eigenvalue weighted by atomic mass is 9.92. The third-order valence-corrected chi connectivity index (χ3v) is 4.01. The van der Waals surface area contributed by atoms with Crippen LogP contribution >= 0.6 is 0 Å². The van der Waals surface area contributed by atoms with E-state index in [9.17, 15) is 0 Å². The van der Waals surface area contributed by atoms with E-state index in [-0.39, 0.29) is 0 Å². The summed E-state index contributed by atoms with van der Waals surface area (Å²) in [5.41, 5.74) is 4.60. The number of rotatable bonds is 2. The molecule has 1 saturated heterocycles. The molecule has 0 bridgehead atoms. The fraction of sp³-hybridized carbons (Fsp3) is 0.500. The number of hydrogen-bond acceptors (Lipinski definition) is 1. The molecule has 1 heterocycles. The fourth-order valence-corrected chi connectivity index (χ4v) is 3.02. The monoisotopic (exact) mass is 227 g/mol. The van der Waals surface area contributed by atoms with Gasteiger partial charge in [0.1, 0.15) is 0 Å². The molecular formula is C16H21N. The lowest BCUT2D eigenvalue weighted by Crippen LogP contribution is -2.31. The molecule has 0 amide bonds. The largest absolute Gasteiger partial charge is 0.299 e. The number of piperidine rings is 1. The number of benzene rings is 1. The van der Waals surface area contributed by atoms with Crippen LogP contribution < -0.4 is 0 Å². The maximum Gasteiger partial charge on any atom is 0.0196 e. The number of nitrogens with zero attached hydrogens (tertiary/aromatic N) is 1. The van der Waals surface area contributed by atoms with Crippen molar-refractivity contribution in [3.63, 3.8) is 0 Å². The standard InChI is InChI=1S/C16H21N/c1-4-10-17(11-5-1)13-14-8-9-15-6-2-3-7-16(15)12-14/h2-3,6-7,12H,1,4-5,8-11,13H2. The Balaban J connectivity index is 1.70. The molecule has 1 heteroatoms. The first kappa shape index (κ1) is 11.0. The van der Waals surface area contributed by atoms with Gasteiger partial charge in [0.25, 0.3) is 0 Å². The van der Waals surface area contributed by atoms with Gasteiger partial charge in [-0.05, 0) is 49.9 Å². The minimum absolute atomic E-state index is 1.20. The van der Waals surface area contributed by atoms with E-state index in [4.69, 9.17) is 0 Å². The van der Waals surface area contributed by atoms with Crippen LogP contribution in [0.15, 0.2) is 29.8 Å². The molecule has 17 heavy (non-hydrogen) atoms. The van der Waals surface area contributed by atoms with Gasteiger partial charge >= 0.3 is 0 Å². The van der Waals surface area contributed by atoms with Crippen molar-refractivity contribution in [2.24, 2.45) is 0 Å². The van der Waals surface area contributed by atoms with E-state index in [2.05, 4.69) is 35.2 Å². The van der Waals surface area contributed by atoms with Gasteiger partial charge in [-0.2, -0.15) is 0 Å². The lowest BCUT2D eigenvalue weighted by Gasteiger charge is -2.28. The van der Waals surface area contributed by atoms with Crippen LogP contribution in [0.2, 0.25) is 0 Å². The number of fused-ring (bicyclic) bond motifs is 1. The van der Waals surface area contributed by atoms with Crippen molar-refractivity contribution in [3.05, 3.63) is 41.0 Å². The van der Waals surface area contributed by atoms with E-state index in [1.54, 1.807) is 5.57 Å². The lowest BCUT2D eigenvalue weighted by molar-refractivity contribution is 0.245. The second-order valence-corrected chi connectivity index (χ2v) is 5.34. The first-order valence-electron chi connectivity index (χ1n) is 6.91. The third kappa shape index (κ3) is 2.61. The molecule has 1 aromatic carbocycles. The predicted octanol–water partition coefficient (Wildman–Crippen LogP) is 3.50. The molecule has 0 saturated carbocycles. The van der Waals surface area contributed by atoms with Crippen LogP contribution in [-0.2, 0) is 6.42 Å². The van der Waals surface area contributed by atoms with Gasteiger partial charge in [0.2, 0.25) is 0 Å². The molecule has 0 spiro atoms. The van der Waals surface area contributed by atoms with Gasteiger partial charge in [-0.15, -0.1) is 0 Å². The topological polar surface area (TPSA) is 3.24 Å². The summed E-state index contributed by atoms with van der Waals surface area (Å²) in [4.78, 5) is 2.63. The van der Waals surface area contributed by atoms with Gasteiger partial charge in [0.05, 0.1) is 0 Å². The van der Waals surface area contributed by atoms with E-state index in [0.717, 1.165) is 0 Å². The predicted molar refractivity (Wildman–Crippen MR) is 73.0 cm³/mol. The molecule has 0 radical (unpaired) electrons. The van der Waals surface area contributed by atoms with Crippen molar-refractivity contribution in [2.45, 2.75) is 32.1 Å². The highest BCUT2D eigenvalue weighted by Crippen LogP contribution is 2.24. The zero-order valence-electron chi connectivity index (χ0n) is 10.5. The average molecular weight is 227 g/mol. The van der Waals surface area contributed by atoms with Gasteiger partial charge in [-0.1, -0.05) is 42.3 Å². The Labute approximate surface area is 104 Å². The normalized spacial score (nSPS) is 20.8. The maximum absolute atomic E-state index is 2.63. The molecule has 3 rings (SSSR count). The second-order valence-electron chi connectivity index (χ2n) is 5.34. The van der Waals surface area contributed by atoms with Gasteiger partial charge < -0.3 is 0 Å². The van der Waals surface area contributed by atoms with Gasteiger partial charge in [0, 0.05) is 6.54 Å². The van der Waals surface area contributed by atoms with Gasteiger partial charge in [-0.3, -0.25) is 4.90 Å². The first-order valence-corrected chi connectivity index (χ1v) is 6.91. The Morgan fingerprint density at radius 1 is 0.941 bits per heavy atom. The summed E-state index contributed by atoms with van der Waals surface area (Å²) in [7, 11) is 0. The Hall–Kier alpha value is -1.08. The third-order valence-electron chi connectivity index (χ3n) is 4.01. The highest BCUT2D eigenvalue weighted by molar-refractivity contribution is 5.59. The minimum Gasteiger partial charge on any atom is -0.299 e. The molecule has 0 atom stereocenters. The molecule has 1 nitrogen and oxygen atoms in total. The average Bonchev–Trinajstić information content (AvgIpc) is 2.40. The van der Waals surface area contributed by atoms with Crippen molar-refractivity contribution in [1.82, 2.24) is 4.90 Å². The molecule has 1 aliphatic carbocycles. The van der Waals surface area contributed by atoms with Crippen LogP contribution in [-0.4, -0.2) is 24.5 Å². The summed E-state index contributed by atoms with van der Waals surface area (Å²) in [6.07, 6.45) is 9.13. The maximum atomic E-state index is 2.63. The van der Waals surface area contributed by atoms with Gasteiger partial charge in [-0.25, -0.2) is 0 Å². The van der Waals surface area contributed by atoms with Crippen LogP contribution in [0.4, 0.5) is 0 Å². The van der Waals surface area contributed by atoms with E-state index in [1.807, 2.05) is 0 Å². The fourth-order valence-electron chi connectivity index (χ4n) is 3.02. The SMILES string of the molecule is C1=C(CN2CCCCC2)CCc2ccccc21. The molecule has 0 unspecified atom stereocenters. The van der Waals surface area contributed by atoms with E-state index < -0.39 is 0 Å². The summed E-state index contributed by atoms with van der Waals surface area (Å²) in [6, 6.07) is 8.83. The van der Waals surface area contributed by atoms with Crippen LogP contribution in [0.1, 0.15) is 36.8 Å². The zero-order valence-corrected chi connectivity index (χ0v) is 10.5. The molecule has 1 aromatic rings. The van der Waals surface area contributed by atoms with Crippen molar-refractivity contribution in [3.8, 4) is 0 Å². The summed E-state index contributed by atoms with van der Waals surface area (Å²) in [6.45, 7) is 3.81. The highest BCUT2D eigenvalue weighted by atomic mass is 15.1.